The molecule has 1 aliphatic carbocycles. The van der Waals surface area contributed by atoms with Crippen LogP contribution >= 0.6 is 22.6 Å². The molecule has 62 valence electrons. The molecule has 0 radical (unpaired) electrons. The molecule has 0 aromatic heterocycles. The van der Waals surface area contributed by atoms with Gasteiger partial charge in [-0.2, -0.15) is 5.26 Å². The normalized spacial score (nSPS) is 43.8. The van der Waals surface area contributed by atoms with Crippen LogP contribution in [0.25, 0.3) is 0 Å². The molecule has 3 rings (SSSR count). The van der Waals surface area contributed by atoms with Gasteiger partial charge in [0.1, 0.15) is 9.53 Å². The van der Waals surface area contributed by atoms with E-state index >= 15 is 0 Å². The lowest BCUT2D eigenvalue weighted by Gasteiger charge is -2.38. The number of rotatable bonds is 0. The Labute approximate surface area is 83.5 Å². The van der Waals surface area contributed by atoms with Gasteiger partial charge in [0.05, 0.1) is 12.0 Å². The molecule has 12 heavy (non-hydrogen) atoms. The second kappa shape index (κ2) is 2.46. The predicted octanol–water partition coefficient (Wildman–Crippen LogP) is 1.19. The molecular formula is C8H6INO2. The molecule has 0 saturated carbocycles. The van der Waals surface area contributed by atoms with Crippen molar-refractivity contribution in [3.8, 4) is 6.07 Å². The molecule has 0 amide bonds. The molecule has 0 N–H and O–H groups in total. The van der Waals surface area contributed by atoms with Crippen molar-refractivity contribution in [2.75, 3.05) is 0 Å². The number of carbonyl (C=O) groups is 1. The van der Waals surface area contributed by atoms with E-state index in [1.165, 1.54) is 0 Å². The molecule has 0 aromatic rings. The van der Waals surface area contributed by atoms with E-state index in [1.54, 1.807) is 0 Å². The number of halogens is 1. The van der Waals surface area contributed by atoms with Gasteiger partial charge in [-0.25, -0.2) is 0 Å². The van der Waals surface area contributed by atoms with Crippen molar-refractivity contribution < 1.29 is 9.53 Å². The van der Waals surface area contributed by atoms with E-state index in [1.807, 2.05) is 34.7 Å². The molecule has 1 fully saturated rings. The van der Waals surface area contributed by atoms with E-state index in [-0.39, 0.29) is 18.0 Å². The van der Waals surface area contributed by atoms with E-state index in [4.69, 9.17) is 10.00 Å². The number of nitrogens with zero attached hydrogens (tertiary/aromatic N) is 1. The van der Waals surface area contributed by atoms with Crippen molar-refractivity contribution in [3.63, 3.8) is 0 Å². The van der Waals surface area contributed by atoms with Crippen LogP contribution in [0.15, 0.2) is 12.2 Å². The summed E-state index contributed by atoms with van der Waals surface area (Å²) in [5, 5.41) is 8.74. The Hall–Kier alpha value is -0.570. The third-order valence-electron chi connectivity index (χ3n) is 2.21. The lowest BCUT2D eigenvalue weighted by Crippen LogP contribution is -2.48. The second-order valence-electron chi connectivity index (χ2n) is 3.03. The third kappa shape index (κ3) is 0.959. The molecule has 2 aliphatic heterocycles. The highest BCUT2D eigenvalue weighted by atomic mass is 127. The number of hydrogen-bond donors (Lipinski definition) is 0. The summed E-state index contributed by atoms with van der Waals surface area (Å²) in [6.45, 7) is 0. The number of esters is 1. The first kappa shape index (κ1) is 8.05. The fourth-order valence-electron chi connectivity index (χ4n) is 1.50. The molecule has 2 bridgehead atoms. The SMILES string of the molecule is N#C[C@H]1C[C@]2(I)C=C[C@H]1OC2=O. The fourth-order valence-corrected chi connectivity index (χ4v) is 2.31. The maximum Gasteiger partial charge on any atom is 0.326 e. The average molecular weight is 275 g/mol. The van der Waals surface area contributed by atoms with Gasteiger partial charge in [0.15, 0.2) is 0 Å². The molecule has 1 saturated heterocycles. The van der Waals surface area contributed by atoms with Crippen LogP contribution in [0.1, 0.15) is 6.42 Å². The minimum Gasteiger partial charge on any atom is -0.455 e. The van der Waals surface area contributed by atoms with Crippen LogP contribution in [0.3, 0.4) is 0 Å². The Bertz CT molecular complexity index is 307. The maximum absolute atomic E-state index is 11.2. The molecule has 3 aliphatic rings. The Kier molecular flexibility index (Phi) is 1.65. The summed E-state index contributed by atoms with van der Waals surface area (Å²) in [5.74, 6) is -0.369. The van der Waals surface area contributed by atoms with Crippen LogP contribution in [0.2, 0.25) is 0 Å². The first-order chi connectivity index (χ1) is 5.65. The van der Waals surface area contributed by atoms with E-state index in [2.05, 4.69) is 6.07 Å². The van der Waals surface area contributed by atoms with Gasteiger partial charge in [-0.1, -0.05) is 28.7 Å². The van der Waals surface area contributed by atoms with Crippen molar-refractivity contribution in [1.82, 2.24) is 0 Å². The van der Waals surface area contributed by atoms with Crippen LogP contribution in [0.4, 0.5) is 0 Å². The highest BCUT2D eigenvalue weighted by molar-refractivity contribution is 14.1. The summed E-state index contributed by atoms with van der Waals surface area (Å²) in [6, 6.07) is 2.15. The van der Waals surface area contributed by atoms with Gasteiger partial charge in [-0.15, -0.1) is 0 Å². The summed E-state index contributed by atoms with van der Waals surface area (Å²) in [5.41, 5.74) is 0. The van der Waals surface area contributed by atoms with Crippen LogP contribution in [0.5, 0.6) is 0 Å². The van der Waals surface area contributed by atoms with Gasteiger partial charge in [-0.05, 0) is 12.5 Å². The highest BCUT2D eigenvalue weighted by Crippen LogP contribution is 2.41. The van der Waals surface area contributed by atoms with E-state index in [0.29, 0.717) is 6.42 Å². The van der Waals surface area contributed by atoms with Gasteiger partial charge in [-0.3, -0.25) is 4.79 Å². The van der Waals surface area contributed by atoms with Crippen LogP contribution in [0, 0.1) is 17.2 Å². The number of alkyl halides is 1. The largest absolute Gasteiger partial charge is 0.455 e. The van der Waals surface area contributed by atoms with Crippen molar-refractivity contribution in [1.29, 1.82) is 5.26 Å². The van der Waals surface area contributed by atoms with E-state index in [9.17, 15) is 4.79 Å². The average Bonchev–Trinajstić information content (AvgIpc) is 2.07. The Morgan fingerprint density at radius 3 is 3.08 bits per heavy atom. The zero-order chi connectivity index (χ0) is 8.77. The third-order valence-corrected chi connectivity index (χ3v) is 3.45. The predicted molar refractivity (Wildman–Crippen MR) is 49.5 cm³/mol. The minimum atomic E-state index is -0.576. The van der Waals surface area contributed by atoms with Crippen molar-refractivity contribution in [2.45, 2.75) is 15.9 Å². The monoisotopic (exact) mass is 275 g/mol. The molecule has 2 heterocycles. The lowest BCUT2D eigenvalue weighted by atomic mass is 9.82. The van der Waals surface area contributed by atoms with Crippen molar-refractivity contribution in [3.05, 3.63) is 12.2 Å². The summed E-state index contributed by atoms with van der Waals surface area (Å²) in [6.07, 6.45) is 3.94. The van der Waals surface area contributed by atoms with Crippen molar-refractivity contribution >= 4 is 28.6 Å². The summed E-state index contributed by atoms with van der Waals surface area (Å²) in [7, 11) is 0. The lowest BCUT2D eigenvalue weighted by molar-refractivity contribution is -0.156. The number of ether oxygens (including phenoxy) is 1. The first-order valence-corrected chi connectivity index (χ1v) is 4.72. The number of nitriles is 1. The zero-order valence-corrected chi connectivity index (χ0v) is 8.32. The van der Waals surface area contributed by atoms with E-state index in [0.717, 1.165) is 0 Å². The van der Waals surface area contributed by atoms with Gasteiger partial charge in [0, 0.05) is 0 Å². The van der Waals surface area contributed by atoms with Gasteiger partial charge in [0.25, 0.3) is 0 Å². The van der Waals surface area contributed by atoms with Gasteiger partial charge in [0.2, 0.25) is 0 Å². The molecule has 0 unspecified atom stereocenters. The molecule has 0 aromatic carbocycles. The summed E-state index contributed by atoms with van der Waals surface area (Å²) in [4.78, 5) is 11.2. The zero-order valence-electron chi connectivity index (χ0n) is 6.16. The number of carbonyl (C=O) groups excluding carboxylic acids is 1. The van der Waals surface area contributed by atoms with Gasteiger partial charge < -0.3 is 4.74 Å². The summed E-state index contributed by atoms with van der Waals surface area (Å²) < 4.78 is 4.46. The number of fused-ring (bicyclic) bond motifs is 2. The molecule has 3 nitrogen and oxygen atoms in total. The number of hydrogen-bond acceptors (Lipinski definition) is 3. The topological polar surface area (TPSA) is 50.1 Å². The smallest absolute Gasteiger partial charge is 0.326 e. The Balaban J connectivity index is 2.38. The van der Waals surface area contributed by atoms with E-state index < -0.39 is 3.42 Å². The molecule has 4 heteroatoms. The highest BCUT2D eigenvalue weighted by Gasteiger charge is 2.49. The quantitative estimate of drug-likeness (QED) is 0.289. The Morgan fingerprint density at radius 1 is 1.83 bits per heavy atom. The van der Waals surface area contributed by atoms with Gasteiger partial charge >= 0.3 is 5.97 Å². The molecule has 0 spiro atoms. The van der Waals surface area contributed by atoms with Crippen LogP contribution in [-0.4, -0.2) is 15.5 Å². The fraction of sp³-hybridized carbons (Fsp3) is 0.500. The standard InChI is InChI=1S/C8H6INO2/c9-8-2-1-6(12-7(8)11)5(3-8)4-10/h1-2,5-6H,3H2/t5-,6-,8-/m1/s1. The van der Waals surface area contributed by atoms with Crippen LogP contribution < -0.4 is 0 Å². The summed E-state index contributed by atoms with van der Waals surface area (Å²) >= 11 is 2.04. The minimum absolute atomic E-state index is 0.162. The molecular weight excluding hydrogens is 269 g/mol. The van der Waals surface area contributed by atoms with Crippen LogP contribution in [-0.2, 0) is 9.53 Å². The second-order valence-corrected chi connectivity index (χ2v) is 4.96. The molecule has 3 atom stereocenters. The first-order valence-electron chi connectivity index (χ1n) is 3.65. The maximum atomic E-state index is 11.2. The van der Waals surface area contributed by atoms with Crippen molar-refractivity contribution in [2.24, 2.45) is 5.92 Å². The Morgan fingerprint density at radius 2 is 2.58 bits per heavy atom.